The average Bonchev–Trinajstić information content (AvgIpc) is 2.42. The molecular weight excluding hydrogens is 308 g/mol. The Bertz CT molecular complexity index is 420. The first-order chi connectivity index (χ1) is 9.15. The van der Waals surface area contributed by atoms with E-state index in [1.54, 1.807) is 7.11 Å². The van der Waals surface area contributed by atoms with E-state index in [4.69, 9.17) is 4.74 Å². The lowest BCUT2D eigenvalue weighted by Gasteiger charge is -2.37. The number of hydrogen-bond donors (Lipinski definition) is 1. The van der Waals surface area contributed by atoms with E-state index in [9.17, 15) is 5.11 Å². The highest BCUT2D eigenvalue weighted by Gasteiger charge is 2.23. The summed E-state index contributed by atoms with van der Waals surface area (Å²) in [6, 6.07) is 6.08. The highest BCUT2D eigenvalue weighted by atomic mass is 79.9. The molecule has 0 aromatic heterocycles. The summed E-state index contributed by atoms with van der Waals surface area (Å²) in [4.78, 5) is 4.66. The molecule has 1 fully saturated rings. The van der Waals surface area contributed by atoms with Crippen molar-refractivity contribution >= 4 is 15.9 Å². The van der Waals surface area contributed by atoms with Gasteiger partial charge in [0.15, 0.2) is 0 Å². The third-order valence-corrected chi connectivity index (χ3v) is 4.33. The first-order valence-electron chi connectivity index (χ1n) is 6.52. The quantitative estimate of drug-likeness (QED) is 0.913. The Hall–Kier alpha value is -0.620. The number of benzene rings is 1. The molecule has 4 nitrogen and oxygen atoms in total. The van der Waals surface area contributed by atoms with Crippen LogP contribution in [0.2, 0.25) is 0 Å². The molecule has 0 amide bonds. The van der Waals surface area contributed by atoms with Crippen LogP contribution in [0.4, 0.5) is 0 Å². The fourth-order valence-electron chi connectivity index (χ4n) is 2.46. The molecule has 1 aromatic rings. The molecule has 1 atom stereocenters. The molecule has 1 aliphatic rings. The van der Waals surface area contributed by atoms with Crippen LogP contribution in [0.15, 0.2) is 22.7 Å². The molecule has 5 heteroatoms. The van der Waals surface area contributed by atoms with Gasteiger partial charge < -0.3 is 14.7 Å². The summed E-state index contributed by atoms with van der Waals surface area (Å²) < 4.78 is 6.17. The van der Waals surface area contributed by atoms with Crippen molar-refractivity contribution in [2.75, 3.05) is 46.9 Å². The highest BCUT2D eigenvalue weighted by Crippen LogP contribution is 2.30. The Kier molecular flexibility index (Phi) is 5.21. The lowest BCUT2D eigenvalue weighted by molar-refractivity contribution is 0.0747. The van der Waals surface area contributed by atoms with Gasteiger partial charge in [0.1, 0.15) is 5.75 Å². The van der Waals surface area contributed by atoms with E-state index in [1.165, 1.54) is 0 Å². The maximum Gasteiger partial charge on any atom is 0.133 e. The van der Waals surface area contributed by atoms with Gasteiger partial charge in [0.05, 0.1) is 24.2 Å². The van der Waals surface area contributed by atoms with Gasteiger partial charge in [-0.3, -0.25) is 4.90 Å². The Balaban J connectivity index is 2.15. The standard InChI is InChI=1S/C14H21BrN2O2/c1-16-5-7-17(8-6-16)13(10-18)11-3-4-14(19-2)12(15)9-11/h3-4,9,13,18H,5-8,10H2,1-2H3. The fraction of sp³-hybridized carbons (Fsp3) is 0.571. The van der Waals surface area contributed by atoms with Gasteiger partial charge in [-0.2, -0.15) is 0 Å². The van der Waals surface area contributed by atoms with Gasteiger partial charge in [0.2, 0.25) is 0 Å². The van der Waals surface area contributed by atoms with Crippen molar-refractivity contribution in [3.05, 3.63) is 28.2 Å². The summed E-state index contributed by atoms with van der Waals surface area (Å²) in [5.41, 5.74) is 1.12. The Labute approximate surface area is 123 Å². The molecule has 2 rings (SSSR count). The van der Waals surface area contributed by atoms with Crippen LogP contribution < -0.4 is 4.74 Å². The molecule has 1 heterocycles. The molecule has 1 N–H and O–H groups in total. The van der Waals surface area contributed by atoms with E-state index in [1.807, 2.05) is 18.2 Å². The zero-order valence-electron chi connectivity index (χ0n) is 11.5. The summed E-state index contributed by atoms with van der Waals surface area (Å²) in [5, 5.41) is 9.71. The topological polar surface area (TPSA) is 35.9 Å². The molecule has 1 saturated heterocycles. The molecule has 106 valence electrons. The zero-order valence-corrected chi connectivity index (χ0v) is 13.1. The van der Waals surface area contributed by atoms with E-state index in [-0.39, 0.29) is 12.6 Å². The van der Waals surface area contributed by atoms with Crippen molar-refractivity contribution in [2.24, 2.45) is 0 Å². The maximum atomic E-state index is 9.71. The van der Waals surface area contributed by atoms with Crippen LogP contribution in [0.5, 0.6) is 5.75 Å². The van der Waals surface area contributed by atoms with E-state index in [0.717, 1.165) is 42.0 Å². The van der Waals surface area contributed by atoms with Crippen molar-refractivity contribution in [1.29, 1.82) is 0 Å². The molecular formula is C14H21BrN2O2. The second kappa shape index (κ2) is 6.70. The fourth-order valence-corrected chi connectivity index (χ4v) is 3.01. The third-order valence-electron chi connectivity index (χ3n) is 3.71. The first kappa shape index (κ1) is 14.8. The van der Waals surface area contributed by atoms with E-state index in [0.29, 0.717) is 0 Å². The Morgan fingerprint density at radius 1 is 1.32 bits per heavy atom. The summed E-state index contributed by atoms with van der Waals surface area (Å²) in [6.07, 6.45) is 0. The number of aliphatic hydroxyl groups excluding tert-OH is 1. The zero-order chi connectivity index (χ0) is 13.8. The number of piperazine rings is 1. The average molecular weight is 329 g/mol. The van der Waals surface area contributed by atoms with Crippen molar-refractivity contribution in [2.45, 2.75) is 6.04 Å². The van der Waals surface area contributed by atoms with Gasteiger partial charge in [-0.1, -0.05) is 6.07 Å². The minimum absolute atomic E-state index is 0.0657. The largest absolute Gasteiger partial charge is 0.496 e. The van der Waals surface area contributed by atoms with Gasteiger partial charge in [-0.15, -0.1) is 0 Å². The normalized spacial score (nSPS) is 19.4. The maximum absolute atomic E-state index is 9.71. The summed E-state index contributed by atoms with van der Waals surface area (Å²) in [6.45, 7) is 4.22. The molecule has 1 aromatic carbocycles. The molecule has 0 bridgehead atoms. The molecule has 0 aliphatic carbocycles. The Morgan fingerprint density at radius 2 is 2.00 bits per heavy atom. The lowest BCUT2D eigenvalue weighted by atomic mass is 10.0. The lowest BCUT2D eigenvalue weighted by Crippen LogP contribution is -2.46. The molecule has 0 spiro atoms. The first-order valence-corrected chi connectivity index (χ1v) is 7.32. The number of methoxy groups -OCH3 is 1. The van der Waals surface area contributed by atoms with Crippen molar-refractivity contribution < 1.29 is 9.84 Å². The monoisotopic (exact) mass is 328 g/mol. The summed E-state index contributed by atoms with van der Waals surface area (Å²) in [5.74, 6) is 0.818. The Morgan fingerprint density at radius 3 is 2.53 bits per heavy atom. The smallest absolute Gasteiger partial charge is 0.133 e. The van der Waals surface area contributed by atoms with Crippen LogP contribution in [0.1, 0.15) is 11.6 Å². The van der Waals surface area contributed by atoms with Crippen LogP contribution in [0, 0.1) is 0 Å². The molecule has 1 aliphatic heterocycles. The molecule has 19 heavy (non-hydrogen) atoms. The van der Waals surface area contributed by atoms with Gasteiger partial charge >= 0.3 is 0 Å². The van der Waals surface area contributed by atoms with E-state index >= 15 is 0 Å². The van der Waals surface area contributed by atoms with Crippen LogP contribution in [-0.2, 0) is 0 Å². The number of hydrogen-bond acceptors (Lipinski definition) is 4. The van der Waals surface area contributed by atoms with Gasteiger partial charge in [0, 0.05) is 26.2 Å². The molecule has 0 saturated carbocycles. The predicted molar refractivity (Wildman–Crippen MR) is 79.6 cm³/mol. The number of nitrogens with zero attached hydrogens (tertiary/aromatic N) is 2. The minimum atomic E-state index is 0.0657. The predicted octanol–water partition coefficient (Wildman–Crippen LogP) is 1.74. The number of ether oxygens (including phenoxy) is 1. The van der Waals surface area contributed by atoms with Crippen LogP contribution in [-0.4, -0.2) is 61.8 Å². The van der Waals surface area contributed by atoms with E-state index < -0.39 is 0 Å². The number of aliphatic hydroxyl groups is 1. The minimum Gasteiger partial charge on any atom is -0.496 e. The van der Waals surface area contributed by atoms with Gasteiger partial charge in [-0.05, 0) is 40.7 Å². The van der Waals surface area contributed by atoms with Crippen LogP contribution >= 0.6 is 15.9 Å². The summed E-state index contributed by atoms with van der Waals surface area (Å²) in [7, 11) is 3.79. The number of halogens is 1. The number of rotatable bonds is 4. The highest BCUT2D eigenvalue weighted by molar-refractivity contribution is 9.10. The van der Waals surface area contributed by atoms with E-state index in [2.05, 4.69) is 32.8 Å². The summed E-state index contributed by atoms with van der Waals surface area (Å²) >= 11 is 3.50. The van der Waals surface area contributed by atoms with Gasteiger partial charge in [-0.25, -0.2) is 0 Å². The van der Waals surface area contributed by atoms with Gasteiger partial charge in [0.25, 0.3) is 0 Å². The van der Waals surface area contributed by atoms with Crippen molar-refractivity contribution in [1.82, 2.24) is 9.80 Å². The second-order valence-corrected chi connectivity index (χ2v) is 5.79. The SMILES string of the molecule is COc1ccc(C(CO)N2CCN(C)CC2)cc1Br. The van der Waals surface area contributed by atoms with Crippen LogP contribution in [0.3, 0.4) is 0 Å². The van der Waals surface area contributed by atoms with Crippen LogP contribution in [0.25, 0.3) is 0 Å². The van der Waals surface area contributed by atoms with Crippen molar-refractivity contribution in [3.8, 4) is 5.75 Å². The third kappa shape index (κ3) is 3.48. The molecule has 0 radical (unpaired) electrons. The number of likely N-dealkylation sites (N-methyl/N-ethyl adjacent to an activating group) is 1. The van der Waals surface area contributed by atoms with Crippen molar-refractivity contribution in [3.63, 3.8) is 0 Å². The molecule has 1 unspecified atom stereocenters. The second-order valence-electron chi connectivity index (χ2n) is 4.93.